The lowest BCUT2D eigenvalue weighted by Crippen LogP contribution is -2.33. The molecule has 3 aromatic rings. The molecule has 1 aliphatic carbocycles. The van der Waals surface area contributed by atoms with Gasteiger partial charge in [-0.05, 0) is 31.0 Å². The van der Waals surface area contributed by atoms with Gasteiger partial charge in [0, 0.05) is 23.6 Å². The van der Waals surface area contributed by atoms with Gasteiger partial charge in [0.25, 0.3) is 0 Å². The van der Waals surface area contributed by atoms with E-state index < -0.39 is 0 Å². The number of rotatable bonds is 2. The maximum atomic E-state index is 13.1. The first kappa shape index (κ1) is 15.1. The molecule has 0 amide bonds. The van der Waals surface area contributed by atoms with Gasteiger partial charge in [-0.1, -0.05) is 29.8 Å². The number of carbonyl (C=O) groups is 1. The number of allylic oxidation sites excluding steroid dienone is 2. The first-order chi connectivity index (χ1) is 12.7. The quantitative estimate of drug-likeness (QED) is 0.767. The van der Waals surface area contributed by atoms with Crippen molar-refractivity contribution >= 4 is 11.7 Å². The van der Waals surface area contributed by atoms with E-state index in [4.69, 9.17) is 4.42 Å². The summed E-state index contributed by atoms with van der Waals surface area (Å²) in [5.41, 5.74) is 3.94. The third kappa shape index (κ3) is 2.29. The lowest BCUT2D eigenvalue weighted by atomic mass is 9.79. The molecule has 1 N–H and O–H groups in total. The molecule has 0 radical (unpaired) electrons. The van der Waals surface area contributed by atoms with Crippen LogP contribution in [0.2, 0.25) is 0 Å². The Kier molecular flexibility index (Phi) is 3.31. The van der Waals surface area contributed by atoms with E-state index in [0.29, 0.717) is 12.4 Å². The summed E-state index contributed by atoms with van der Waals surface area (Å²) in [6.45, 7) is 2.05. The predicted molar refractivity (Wildman–Crippen MR) is 95.7 cm³/mol. The molecule has 2 atom stereocenters. The van der Waals surface area contributed by atoms with E-state index >= 15 is 0 Å². The topological polar surface area (TPSA) is 73.0 Å². The SMILES string of the molecule is Cc1ccc([C@H]2C3=C(C[C@@H](c4ccco4)CC3=O)Nc3ncnn32)cc1. The maximum Gasteiger partial charge on any atom is 0.226 e. The summed E-state index contributed by atoms with van der Waals surface area (Å²) in [6, 6.07) is 11.8. The third-order valence-electron chi connectivity index (χ3n) is 5.20. The smallest absolute Gasteiger partial charge is 0.226 e. The Morgan fingerprint density at radius 3 is 2.81 bits per heavy atom. The summed E-state index contributed by atoms with van der Waals surface area (Å²) in [5, 5.41) is 7.69. The Labute approximate surface area is 150 Å². The van der Waals surface area contributed by atoms with Crippen LogP contribution in [0.4, 0.5) is 5.95 Å². The molecule has 26 heavy (non-hydrogen) atoms. The first-order valence-electron chi connectivity index (χ1n) is 8.73. The zero-order chi connectivity index (χ0) is 17.7. The molecule has 1 aliphatic heterocycles. The number of ketones is 1. The van der Waals surface area contributed by atoms with E-state index in [1.165, 1.54) is 11.9 Å². The van der Waals surface area contributed by atoms with Crippen LogP contribution in [0.1, 0.15) is 41.7 Å². The number of benzene rings is 1. The highest BCUT2D eigenvalue weighted by atomic mass is 16.3. The zero-order valence-electron chi connectivity index (χ0n) is 14.3. The number of fused-ring (bicyclic) bond motifs is 1. The summed E-state index contributed by atoms with van der Waals surface area (Å²) >= 11 is 0. The standard InChI is InChI=1S/C20H18N4O2/c1-12-4-6-13(7-5-12)19-18-15(23-20-21-11-22-24(19)20)9-14(10-16(18)25)17-3-2-8-26-17/h2-8,11,14,19H,9-10H2,1H3,(H,21,22,23)/t14-,19+/m1/s1. The number of anilines is 1. The second kappa shape index (κ2) is 5.69. The fraction of sp³-hybridized carbons (Fsp3) is 0.250. The summed E-state index contributed by atoms with van der Waals surface area (Å²) in [4.78, 5) is 17.4. The molecule has 0 bridgehead atoms. The summed E-state index contributed by atoms with van der Waals surface area (Å²) in [6.07, 6.45) is 4.35. The minimum Gasteiger partial charge on any atom is -0.469 e. The van der Waals surface area contributed by atoms with Gasteiger partial charge in [0.1, 0.15) is 18.1 Å². The highest BCUT2D eigenvalue weighted by molar-refractivity contribution is 6.00. The van der Waals surface area contributed by atoms with E-state index in [9.17, 15) is 4.79 Å². The van der Waals surface area contributed by atoms with Crippen molar-refractivity contribution in [3.8, 4) is 0 Å². The molecule has 0 spiro atoms. The van der Waals surface area contributed by atoms with Crippen molar-refractivity contribution in [2.24, 2.45) is 0 Å². The van der Waals surface area contributed by atoms with E-state index in [2.05, 4.69) is 46.6 Å². The minimum absolute atomic E-state index is 0.0527. The van der Waals surface area contributed by atoms with Crippen LogP contribution in [-0.4, -0.2) is 20.5 Å². The van der Waals surface area contributed by atoms with Crippen molar-refractivity contribution in [2.45, 2.75) is 31.7 Å². The number of Topliss-reactive ketones (excluding diaryl/α,β-unsaturated/α-hetero) is 1. The van der Waals surface area contributed by atoms with Gasteiger partial charge in [-0.3, -0.25) is 4.79 Å². The van der Waals surface area contributed by atoms with Crippen LogP contribution in [0, 0.1) is 6.92 Å². The number of nitrogens with one attached hydrogen (secondary N) is 1. The Morgan fingerprint density at radius 2 is 2.04 bits per heavy atom. The molecule has 0 saturated carbocycles. The minimum atomic E-state index is -0.241. The van der Waals surface area contributed by atoms with E-state index in [0.717, 1.165) is 29.0 Å². The van der Waals surface area contributed by atoms with Crippen molar-refractivity contribution in [3.05, 3.63) is 77.1 Å². The Morgan fingerprint density at radius 1 is 1.19 bits per heavy atom. The first-order valence-corrected chi connectivity index (χ1v) is 8.73. The van der Waals surface area contributed by atoms with Crippen LogP contribution >= 0.6 is 0 Å². The number of carbonyl (C=O) groups excluding carboxylic acids is 1. The van der Waals surface area contributed by atoms with Crippen LogP contribution in [-0.2, 0) is 4.79 Å². The molecule has 3 heterocycles. The lowest BCUT2D eigenvalue weighted by molar-refractivity contribution is -0.117. The second-order valence-electron chi connectivity index (χ2n) is 6.90. The molecule has 0 unspecified atom stereocenters. The summed E-state index contributed by atoms with van der Waals surface area (Å²) in [5.74, 6) is 1.71. The van der Waals surface area contributed by atoms with Crippen molar-refractivity contribution in [1.29, 1.82) is 0 Å². The summed E-state index contributed by atoms with van der Waals surface area (Å²) in [7, 11) is 0. The largest absolute Gasteiger partial charge is 0.469 e. The predicted octanol–water partition coefficient (Wildman–Crippen LogP) is 3.60. The van der Waals surface area contributed by atoms with Gasteiger partial charge in [0.15, 0.2) is 5.78 Å². The molecule has 2 aromatic heterocycles. The molecule has 0 fully saturated rings. The number of aromatic nitrogens is 3. The zero-order valence-corrected chi connectivity index (χ0v) is 14.3. The van der Waals surface area contributed by atoms with Gasteiger partial charge < -0.3 is 9.73 Å². The highest BCUT2D eigenvalue weighted by Crippen LogP contribution is 2.43. The van der Waals surface area contributed by atoms with Gasteiger partial charge in [-0.2, -0.15) is 10.1 Å². The van der Waals surface area contributed by atoms with Crippen LogP contribution < -0.4 is 5.32 Å². The lowest BCUT2D eigenvalue weighted by Gasteiger charge is -2.34. The fourth-order valence-corrected chi connectivity index (χ4v) is 3.93. The molecule has 130 valence electrons. The Hall–Kier alpha value is -3.15. The number of nitrogens with zero attached hydrogens (tertiary/aromatic N) is 3. The molecule has 6 heteroatoms. The number of hydrogen-bond acceptors (Lipinski definition) is 5. The molecular formula is C20H18N4O2. The number of hydrogen-bond donors (Lipinski definition) is 1. The Bertz CT molecular complexity index is 999. The van der Waals surface area contributed by atoms with Crippen LogP contribution in [0.5, 0.6) is 0 Å². The monoisotopic (exact) mass is 346 g/mol. The number of furan rings is 1. The molecule has 5 rings (SSSR count). The van der Waals surface area contributed by atoms with Crippen molar-refractivity contribution in [3.63, 3.8) is 0 Å². The molecule has 0 saturated heterocycles. The van der Waals surface area contributed by atoms with Crippen molar-refractivity contribution in [1.82, 2.24) is 14.8 Å². The molecule has 1 aromatic carbocycles. The van der Waals surface area contributed by atoms with Gasteiger partial charge in [-0.25, -0.2) is 4.68 Å². The third-order valence-corrected chi connectivity index (χ3v) is 5.20. The van der Waals surface area contributed by atoms with E-state index in [-0.39, 0.29) is 17.7 Å². The van der Waals surface area contributed by atoms with E-state index in [1.807, 2.05) is 12.1 Å². The number of aryl methyl sites for hydroxylation is 1. The Balaban J connectivity index is 1.62. The average Bonchev–Trinajstić information content (AvgIpc) is 3.32. The fourth-order valence-electron chi connectivity index (χ4n) is 3.93. The molecule has 2 aliphatic rings. The van der Waals surface area contributed by atoms with Gasteiger partial charge in [0.2, 0.25) is 5.95 Å². The van der Waals surface area contributed by atoms with Crippen LogP contribution in [0.25, 0.3) is 0 Å². The van der Waals surface area contributed by atoms with Crippen LogP contribution in [0.3, 0.4) is 0 Å². The van der Waals surface area contributed by atoms with Crippen molar-refractivity contribution < 1.29 is 9.21 Å². The second-order valence-corrected chi connectivity index (χ2v) is 6.90. The highest BCUT2D eigenvalue weighted by Gasteiger charge is 2.39. The summed E-state index contributed by atoms with van der Waals surface area (Å²) < 4.78 is 7.34. The van der Waals surface area contributed by atoms with Gasteiger partial charge in [0.05, 0.1) is 6.26 Å². The van der Waals surface area contributed by atoms with Gasteiger partial charge >= 0.3 is 0 Å². The molecule has 6 nitrogen and oxygen atoms in total. The molecular weight excluding hydrogens is 328 g/mol. The average molecular weight is 346 g/mol. The van der Waals surface area contributed by atoms with Crippen LogP contribution in [0.15, 0.2) is 64.7 Å². The van der Waals surface area contributed by atoms with E-state index in [1.54, 1.807) is 10.9 Å². The van der Waals surface area contributed by atoms with Crippen molar-refractivity contribution in [2.75, 3.05) is 5.32 Å². The maximum absolute atomic E-state index is 13.1. The van der Waals surface area contributed by atoms with Gasteiger partial charge in [-0.15, -0.1) is 0 Å². The normalized spacial score (nSPS) is 22.0.